The van der Waals surface area contributed by atoms with Gasteiger partial charge in [0.25, 0.3) is 12.5 Å². The number of anilines is 2. The van der Waals surface area contributed by atoms with E-state index < -0.39 is 11.5 Å². The maximum absolute atomic E-state index is 12.8. The molecule has 1 amide bonds. The van der Waals surface area contributed by atoms with Gasteiger partial charge in [0.15, 0.2) is 10.8 Å². The molecule has 0 aliphatic carbocycles. The van der Waals surface area contributed by atoms with E-state index in [0.717, 1.165) is 10.6 Å². The lowest BCUT2D eigenvalue weighted by Crippen LogP contribution is -2.39. The zero-order valence-corrected chi connectivity index (χ0v) is 20.0. The second-order valence-corrected chi connectivity index (χ2v) is 8.77. The molecule has 0 spiro atoms. The second kappa shape index (κ2) is 10.4. The molecule has 1 aliphatic heterocycles. The molecule has 0 unspecified atom stereocenters. The molecular formula is C23H24N6O5S. The van der Waals surface area contributed by atoms with E-state index in [4.69, 9.17) is 15.2 Å². The van der Waals surface area contributed by atoms with Crippen LogP contribution in [-0.4, -0.2) is 53.9 Å². The minimum atomic E-state index is -0.414. The first-order valence-corrected chi connectivity index (χ1v) is 11.5. The minimum Gasteiger partial charge on any atom is -0.497 e. The number of aromatic nitrogens is 1. The van der Waals surface area contributed by atoms with Crippen molar-refractivity contribution in [2.75, 3.05) is 38.4 Å². The van der Waals surface area contributed by atoms with Crippen molar-refractivity contribution in [2.24, 2.45) is 4.99 Å². The number of nitrogens with one attached hydrogen (secondary N) is 1. The molecule has 4 rings (SSSR count). The van der Waals surface area contributed by atoms with Gasteiger partial charge < -0.3 is 25.4 Å². The lowest BCUT2D eigenvalue weighted by Gasteiger charge is -2.27. The van der Waals surface area contributed by atoms with Crippen molar-refractivity contribution >= 4 is 40.1 Å². The molecule has 1 aliphatic rings. The highest BCUT2D eigenvalue weighted by molar-refractivity contribution is 7.13. The van der Waals surface area contributed by atoms with E-state index in [9.17, 15) is 14.9 Å². The molecule has 0 fully saturated rings. The summed E-state index contributed by atoms with van der Waals surface area (Å²) in [6.07, 6.45) is 0.541. The summed E-state index contributed by atoms with van der Waals surface area (Å²) < 4.78 is 10.3. The maximum Gasteiger partial charge on any atom is 0.284 e. The number of hydrogen-bond acceptors (Lipinski definition) is 9. The van der Waals surface area contributed by atoms with Gasteiger partial charge in [-0.3, -0.25) is 14.9 Å². The van der Waals surface area contributed by atoms with Crippen molar-refractivity contribution in [3.63, 3.8) is 0 Å². The number of rotatable bonds is 7. The molecule has 182 valence electrons. The maximum atomic E-state index is 12.8. The first-order valence-electron chi connectivity index (χ1n) is 10.7. The van der Waals surface area contributed by atoms with Crippen LogP contribution in [0.5, 0.6) is 11.5 Å². The van der Waals surface area contributed by atoms with Gasteiger partial charge in [0, 0.05) is 28.8 Å². The molecular weight excluding hydrogens is 472 g/mol. The number of methoxy groups -OCH3 is 2. The Bertz CT molecular complexity index is 1270. The molecule has 11 nitrogen and oxygen atoms in total. The third-order valence-electron chi connectivity index (χ3n) is 5.40. The number of carbonyl (C=O) groups excluding carboxylic acids is 1. The number of nitro groups is 1. The molecule has 0 bridgehead atoms. The number of fused-ring (bicyclic) bond motifs is 1. The summed E-state index contributed by atoms with van der Waals surface area (Å²) in [7, 11) is 3.10. The van der Waals surface area contributed by atoms with Crippen molar-refractivity contribution in [2.45, 2.75) is 13.0 Å². The van der Waals surface area contributed by atoms with E-state index in [1.54, 1.807) is 49.6 Å². The average Bonchev–Trinajstić information content (AvgIpc) is 3.29. The van der Waals surface area contributed by atoms with Crippen LogP contribution in [0.15, 0.2) is 47.5 Å². The number of amides is 1. The normalized spacial score (nSPS) is 13.2. The van der Waals surface area contributed by atoms with Crippen molar-refractivity contribution in [1.82, 2.24) is 9.88 Å². The van der Waals surface area contributed by atoms with Crippen molar-refractivity contribution in [3.8, 4) is 11.5 Å². The number of amidine groups is 1. The van der Waals surface area contributed by atoms with E-state index in [1.807, 2.05) is 4.90 Å². The Morgan fingerprint density at radius 2 is 1.94 bits per heavy atom. The molecule has 0 saturated heterocycles. The molecule has 2 aromatic carbocycles. The lowest BCUT2D eigenvalue weighted by molar-refractivity contribution is -0.464. The lowest BCUT2D eigenvalue weighted by atomic mass is 10.1. The summed E-state index contributed by atoms with van der Waals surface area (Å²) in [6, 6.07) is 12.0. The highest BCUT2D eigenvalue weighted by Crippen LogP contribution is 2.29. The van der Waals surface area contributed by atoms with Crippen LogP contribution in [0.2, 0.25) is 0 Å². The van der Waals surface area contributed by atoms with Gasteiger partial charge in [0.1, 0.15) is 11.5 Å². The van der Waals surface area contributed by atoms with Gasteiger partial charge in [-0.15, -0.1) is 11.3 Å². The number of nitrogens with zero attached hydrogens (tertiary/aromatic N) is 4. The monoisotopic (exact) mass is 496 g/mol. The number of thiazole rings is 1. The number of carbonyl (C=O) groups is 1. The third-order valence-corrected chi connectivity index (χ3v) is 6.48. The zero-order valence-electron chi connectivity index (χ0n) is 19.2. The molecule has 0 radical (unpaired) electrons. The van der Waals surface area contributed by atoms with Crippen LogP contribution in [0.25, 0.3) is 0 Å². The fourth-order valence-corrected chi connectivity index (χ4v) is 4.61. The highest BCUT2D eigenvalue weighted by Gasteiger charge is 2.27. The van der Waals surface area contributed by atoms with Crippen molar-refractivity contribution in [3.05, 3.63) is 68.2 Å². The SMILES string of the molecule is COc1ccc(N=C(C[N+](=O)[O-])N2CCc3nc(C(=O)Nc4cc(OC)ccc4N)sc3C2)cc1. The molecule has 1 aromatic heterocycles. The summed E-state index contributed by atoms with van der Waals surface area (Å²) in [5, 5.41) is 14.4. The Morgan fingerprint density at radius 3 is 2.63 bits per heavy atom. The van der Waals surface area contributed by atoms with E-state index in [-0.39, 0.29) is 5.91 Å². The number of ether oxygens (including phenoxy) is 2. The third kappa shape index (κ3) is 5.66. The fourth-order valence-electron chi connectivity index (χ4n) is 3.59. The molecule has 0 saturated carbocycles. The van der Waals surface area contributed by atoms with E-state index in [0.29, 0.717) is 58.9 Å². The Balaban J connectivity index is 1.52. The van der Waals surface area contributed by atoms with E-state index in [2.05, 4.69) is 15.3 Å². The smallest absolute Gasteiger partial charge is 0.284 e. The summed E-state index contributed by atoms with van der Waals surface area (Å²) >= 11 is 1.25. The number of benzene rings is 2. The largest absolute Gasteiger partial charge is 0.497 e. The summed E-state index contributed by atoms with van der Waals surface area (Å²) in [4.78, 5) is 35.5. The fraction of sp³-hybridized carbons (Fsp3) is 0.261. The Hall–Kier alpha value is -4.19. The van der Waals surface area contributed by atoms with Crippen LogP contribution >= 0.6 is 11.3 Å². The Labute approximate surface area is 205 Å². The Kier molecular flexibility index (Phi) is 7.11. The standard InChI is InChI=1S/C23H24N6O5S/c1-33-15-5-3-14(4-6-15)25-21(13-29(31)32)28-10-9-18-20(12-28)35-23(27-18)22(30)26-19-11-16(34-2)7-8-17(19)24/h3-8,11H,9-10,12-13,24H2,1-2H3,(H,26,30). The van der Waals surface area contributed by atoms with Gasteiger partial charge >= 0.3 is 0 Å². The highest BCUT2D eigenvalue weighted by atomic mass is 32.1. The van der Waals surface area contributed by atoms with Gasteiger partial charge in [-0.05, 0) is 36.4 Å². The molecule has 35 heavy (non-hydrogen) atoms. The number of nitrogens with two attached hydrogens (primary N) is 1. The molecule has 0 atom stereocenters. The van der Waals surface area contributed by atoms with Crippen molar-refractivity contribution in [1.29, 1.82) is 0 Å². The molecule has 3 N–H and O–H groups in total. The van der Waals surface area contributed by atoms with Crippen LogP contribution in [-0.2, 0) is 13.0 Å². The van der Waals surface area contributed by atoms with Gasteiger partial charge in [0.2, 0.25) is 0 Å². The summed E-state index contributed by atoms with van der Waals surface area (Å²) in [6.45, 7) is 0.469. The quantitative estimate of drug-likeness (QED) is 0.166. The van der Waals surface area contributed by atoms with Crippen LogP contribution in [0, 0.1) is 10.1 Å². The summed E-state index contributed by atoms with van der Waals surface area (Å²) in [5.41, 5.74) is 8.21. The van der Waals surface area contributed by atoms with E-state index in [1.165, 1.54) is 18.4 Å². The minimum absolute atomic E-state index is 0.294. The predicted molar refractivity (Wildman–Crippen MR) is 134 cm³/mol. The number of aliphatic imine (C=N–C) groups is 1. The number of hydrogen-bond donors (Lipinski definition) is 2. The zero-order chi connectivity index (χ0) is 24.9. The molecule has 12 heteroatoms. The predicted octanol–water partition coefficient (Wildman–Crippen LogP) is 3.36. The van der Waals surface area contributed by atoms with E-state index >= 15 is 0 Å². The van der Waals surface area contributed by atoms with Gasteiger partial charge in [0.05, 0.1) is 43.5 Å². The molecule has 2 heterocycles. The van der Waals surface area contributed by atoms with Crippen LogP contribution < -0.4 is 20.5 Å². The summed E-state index contributed by atoms with van der Waals surface area (Å²) in [5.74, 6) is 1.20. The Morgan fingerprint density at radius 1 is 1.23 bits per heavy atom. The first-order chi connectivity index (χ1) is 16.9. The van der Waals surface area contributed by atoms with Gasteiger partial charge in [-0.25, -0.2) is 9.98 Å². The van der Waals surface area contributed by atoms with Crippen LogP contribution in [0.3, 0.4) is 0 Å². The first kappa shape index (κ1) is 24.0. The number of nitrogen functional groups attached to an aromatic ring is 1. The van der Waals surface area contributed by atoms with Gasteiger partial charge in [-0.2, -0.15) is 0 Å². The topological polar surface area (TPSA) is 145 Å². The second-order valence-electron chi connectivity index (χ2n) is 7.68. The molecule has 3 aromatic rings. The average molecular weight is 497 g/mol. The van der Waals surface area contributed by atoms with Crippen LogP contribution in [0.1, 0.15) is 20.4 Å². The van der Waals surface area contributed by atoms with Gasteiger partial charge in [-0.1, -0.05) is 0 Å². The van der Waals surface area contributed by atoms with Crippen molar-refractivity contribution < 1.29 is 19.2 Å². The van der Waals surface area contributed by atoms with Crippen LogP contribution in [0.4, 0.5) is 17.1 Å².